The summed E-state index contributed by atoms with van der Waals surface area (Å²) in [6.07, 6.45) is 1.70. The van der Waals surface area contributed by atoms with Gasteiger partial charge in [0.25, 0.3) is 11.2 Å². The Morgan fingerprint density at radius 3 is 2.41 bits per heavy atom. The number of esters is 1. The summed E-state index contributed by atoms with van der Waals surface area (Å²) >= 11 is 7.60. The predicted molar refractivity (Wildman–Crippen MR) is 190 cm³/mol. The van der Waals surface area contributed by atoms with Crippen molar-refractivity contribution in [3.05, 3.63) is 165 Å². The summed E-state index contributed by atoms with van der Waals surface area (Å²) in [6.45, 7) is 6.25. The third-order valence-corrected chi connectivity index (χ3v) is 9.31. The molecule has 0 N–H and O–H groups in total. The number of benzene rings is 4. The van der Waals surface area contributed by atoms with E-state index in [-0.39, 0.29) is 30.0 Å². The first-order valence-electron chi connectivity index (χ1n) is 15.7. The lowest BCUT2D eigenvalue weighted by Crippen LogP contribution is -2.40. The van der Waals surface area contributed by atoms with Crippen molar-refractivity contribution < 1.29 is 19.2 Å². The van der Waals surface area contributed by atoms with E-state index in [1.807, 2.05) is 54.6 Å². The maximum absolute atomic E-state index is 14.4. The molecule has 0 amide bonds. The van der Waals surface area contributed by atoms with Crippen molar-refractivity contribution in [2.75, 3.05) is 6.61 Å². The lowest BCUT2D eigenvalue weighted by Gasteiger charge is -2.26. The molecule has 11 heteroatoms. The van der Waals surface area contributed by atoms with E-state index in [1.54, 1.807) is 47.9 Å². The first-order chi connectivity index (χ1) is 23.6. The molecule has 0 bridgehead atoms. The third kappa shape index (κ3) is 7.11. The Labute approximate surface area is 291 Å². The smallest absolute Gasteiger partial charge is 0.338 e. The van der Waals surface area contributed by atoms with Crippen LogP contribution in [0.25, 0.3) is 11.8 Å². The number of non-ortho nitro benzene ring substituents is 1. The lowest BCUT2D eigenvalue weighted by atomic mass is 9.91. The zero-order valence-corrected chi connectivity index (χ0v) is 28.5. The summed E-state index contributed by atoms with van der Waals surface area (Å²) in [5, 5.41) is 11.5. The van der Waals surface area contributed by atoms with Gasteiger partial charge in [-0.15, -0.1) is 0 Å². The standard InChI is InChI=1S/C38H32ClN3O6S/c1-4-47-37(44)33-34(26-8-6-5-7-9-26)40-38-41(35(33)27-14-12-25(13-15-27)23(2)3)36(43)32(49-38)21-28-20-29(39)16-19-31(28)48-22-24-10-17-30(18-11-24)42(45)46/h5-21,23,35H,4,22H2,1-3H3/b32-21-/t35-/m1/s1. The number of nitrogens with zero attached hydrogens (tertiary/aromatic N) is 3. The highest BCUT2D eigenvalue weighted by atomic mass is 35.5. The van der Waals surface area contributed by atoms with Crippen molar-refractivity contribution in [2.24, 2.45) is 4.99 Å². The minimum Gasteiger partial charge on any atom is -0.488 e. The van der Waals surface area contributed by atoms with Gasteiger partial charge in [0, 0.05) is 28.3 Å². The van der Waals surface area contributed by atoms with Crippen LogP contribution in [0.5, 0.6) is 5.75 Å². The van der Waals surface area contributed by atoms with Gasteiger partial charge in [0.1, 0.15) is 12.4 Å². The number of thiazole rings is 1. The van der Waals surface area contributed by atoms with Crippen molar-refractivity contribution in [2.45, 2.75) is 39.3 Å². The number of ether oxygens (including phenoxy) is 2. The molecule has 1 aromatic heterocycles. The number of nitro groups is 1. The minimum absolute atomic E-state index is 0.0120. The molecule has 248 valence electrons. The Balaban J connectivity index is 1.50. The van der Waals surface area contributed by atoms with Gasteiger partial charge in [-0.05, 0) is 65.9 Å². The Kier molecular flexibility index (Phi) is 9.89. The molecular weight excluding hydrogens is 662 g/mol. The summed E-state index contributed by atoms with van der Waals surface area (Å²) in [6, 6.07) is 27.7. The van der Waals surface area contributed by atoms with Crippen LogP contribution in [0, 0.1) is 10.1 Å². The topological polar surface area (TPSA) is 113 Å². The summed E-state index contributed by atoms with van der Waals surface area (Å²) in [5.41, 5.74) is 4.27. The van der Waals surface area contributed by atoms with Gasteiger partial charge in [0.05, 0.1) is 33.4 Å². The second-order valence-corrected chi connectivity index (χ2v) is 13.1. The lowest BCUT2D eigenvalue weighted by molar-refractivity contribution is -0.384. The van der Waals surface area contributed by atoms with E-state index in [1.165, 1.54) is 23.5 Å². The number of nitro benzene ring substituents is 1. The first-order valence-corrected chi connectivity index (χ1v) is 16.9. The highest BCUT2D eigenvalue weighted by molar-refractivity contribution is 7.07. The van der Waals surface area contributed by atoms with E-state index >= 15 is 0 Å². The highest BCUT2D eigenvalue weighted by Gasteiger charge is 2.35. The maximum atomic E-state index is 14.4. The molecule has 49 heavy (non-hydrogen) atoms. The zero-order chi connectivity index (χ0) is 34.7. The van der Waals surface area contributed by atoms with Crippen molar-refractivity contribution in [3.8, 4) is 5.75 Å². The van der Waals surface area contributed by atoms with Crippen LogP contribution < -0.4 is 19.6 Å². The maximum Gasteiger partial charge on any atom is 0.338 e. The van der Waals surface area contributed by atoms with E-state index in [9.17, 15) is 19.7 Å². The van der Waals surface area contributed by atoms with Crippen LogP contribution in [0.1, 0.15) is 60.5 Å². The van der Waals surface area contributed by atoms with Gasteiger partial charge >= 0.3 is 5.97 Å². The minimum atomic E-state index is -0.800. The molecule has 0 fully saturated rings. The Morgan fingerprint density at radius 2 is 1.76 bits per heavy atom. The second kappa shape index (κ2) is 14.4. The molecule has 9 nitrogen and oxygen atoms in total. The number of fused-ring (bicyclic) bond motifs is 1. The average Bonchev–Trinajstić information content (AvgIpc) is 3.41. The number of carbonyl (C=O) groups excluding carboxylic acids is 1. The predicted octanol–water partition coefficient (Wildman–Crippen LogP) is 7.20. The van der Waals surface area contributed by atoms with Crippen LogP contribution >= 0.6 is 22.9 Å². The number of hydrogen-bond acceptors (Lipinski definition) is 8. The van der Waals surface area contributed by atoms with Gasteiger partial charge in [-0.3, -0.25) is 19.5 Å². The normalized spacial score (nSPS) is 14.4. The first kappa shape index (κ1) is 33.6. The van der Waals surface area contributed by atoms with E-state index < -0.39 is 16.9 Å². The number of rotatable bonds is 10. The molecule has 5 aromatic rings. The van der Waals surface area contributed by atoms with Crippen LogP contribution in [0.15, 0.2) is 112 Å². The fraction of sp³-hybridized carbons (Fsp3) is 0.184. The van der Waals surface area contributed by atoms with E-state index in [0.29, 0.717) is 37.3 Å². The quantitative estimate of drug-likeness (QED) is 0.0869. The molecule has 0 spiro atoms. The zero-order valence-electron chi connectivity index (χ0n) is 27.0. The van der Waals surface area contributed by atoms with Crippen molar-refractivity contribution >= 4 is 46.4 Å². The van der Waals surface area contributed by atoms with Crippen LogP contribution in [0.4, 0.5) is 5.69 Å². The molecule has 0 saturated carbocycles. The van der Waals surface area contributed by atoms with Crippen LogP contribution in [0.2, 0.25) is 5.02 Å². The summed E-state index contributed by atoms with van der Waals surface area (Å²) in [4.78, 5) is 44.1. The highest BCUT2D eigenvalue weighted by Crippen LogP contribution is 2.36. The molecule has 1 aliphatic heterocycles. The summed E-state index contributed by atoms with van der Waals surface area (Å²) in [5.74, 6) is 0.214. The number of hydrogen-bond donors (Lipinski definition) is 0. The Hall–Kier alpha value is -5.32. The van der Waals surface area contributed by atoms with Gasteiger partial charge in [-0.25, -0.2) is 9.79 Å². The fourth-order valence-corrected chi connectivity index (χ4v) is 6.77. The molecule has 4 aromatic carbocycles. The molecule has 2 heterocycles. The monoisotopic (exact) mass is 693 g/mol. The molecule has 0 unspecified atom stereocenters. The molecule has 1 aliphatic rings. The summed E-state index contributed by atoms with van der Waals surface area (Å²) < 4.78 is 13.6. The van der Waals surface area contributed by atoms with Gasteiger partial charge in [0.15, 0.2) is 4.80 Å². The molecular formula is C38H32ClN3O6S. The third-order valence-electron chi connectivity index (χ3n) is 8.09. The van der Waals surface area contributed by atoms with Crippen LogP contribution in [0.3, 0.4) is 0 Å². The van der Waals surface area contributed by atoms with Gasteiger partial charge < -0.3 is 9.47 Å². The van der Waals surface area contributed by atoms with Crippen molar-refractivity contribution in [1.29, 1.82) is 0 Å². The van der Waals surface area contributed by atoms with Crippen molar-refractivity contribution in [3.63, 3.8) is 0 Å². The van der Waals surface area contributed by atoms with Crippen LogP contribution in [-0.2, 0) is 16.1 Å². The number of carbonyl (C=O) groups is 1. The average molecular weight is 694 g/mol. The van der Waals surface area contributed by atoms with Gasteiger partial charge in [-0.2, -0.15) is 0 Å². The number of halogens is 1. The Bertz CT molecular complexity index is 2240. The Morgan fingerprint density at radius 1 is 1.04 bits per heavy atom. The molecule has 0 aliphatic carbocycles. The molecule has 6 rings (SSSR count). The largest absolute Gasteiger partial charge is 0.488 e. The van der Waals surface area contributed by atoms with E-state index in [4.69, 9.17) is 26.1 Å². The molecule has 0 radical (unpaired) electrons. The van der Waals surface area contributed by atoms with Gasteiger partial charge in [0.2, 0.25) is 0 Å². The van der Waals surface area contributed by atoms with Gasteiger partial charge in [-0.1, -0.05) is 91.4 Å². The van der Waals surface area contributed by atoms with E-state index in [2.05, 4.69) is 13.8 Å². The fourth-order valence-electron chi connectivity index (χ4n) is 5.60. The SMILES string of the molecule is CCOC(=O)C1=C(c2ccccc2)N=c2s/c(=C\c3cc(Cl)ccc3OCc3ccc([N+](=O)[O-])cc3)c(=O)n2[C@@H]1c1ccc(C(C)C)cc1. The van der Waals surface area contributed by atoms with E-state index in [0.717, 1.165) is 22.3 Å². The molecule has 1 atom stereocenters. The second-order valence-electron chi connectivity index (χ2n) is 11.6. The number of aromatic nitrogens is 1. The van der Waals surface area contributed by atoms with Crippen molar-refractivity contribution in [1.82, 2.24) is 4.57 Å². The molecule has 0 saturated heterocycles. The van der Waals surface area contributed by atoms with Crippen LogP contribution in [-0.4, -0.2) is 22.1 Å². The summed E-state index contributed by atoms with van der Waals surface area (Å²) in [7, 11) is 0.